The molecule has 1 saturated heterocycles. The number of guanidine groups is 1. The van der Waals surface area contributed by atoms with Gasteiger partial charge in [-0.15, -0.1) is 35.3 Å². The fourth-order valence-corrected chi connectivity index (χ4v) is 4.06. The second-order valence-corrected chi connectivity index (χ2v) is 9.76. The Morgan fingerprint density at radius 2 is 1.94 bits per heavy atom. The van der Waals surface area contributed by atoms with Crippen molar-refractivity contribution in [3.8, 4) is 0 Å². The summed E-state index contributed by atoms with van der Waals surface area (Å²) in [4.78, 5) is 20.4. The molecule has 1 aliphatic heterocycles. The topological polar surface area (TPSA) is 78.0 Å². The highest BCUT2D eigenvalue weighted by molar-refractivity contribution is 14.0. The summed E-state index contributed by atoms with van der Waals surface area (Å²) in [7, 11) is 0. The van der Waals surface area contributed by atoms with Gasteiger partial charge in [-0.2, -0.15) is 0 Å². The Kier molecular flexibility index (Phi) is 13.4. The van der Waals surface area contributed by atoms with Crippen molar-refractivity contribution in [2.45, 2.75) is 59.1 Å². The van der Waals surface area contributed by atoms with E-state index in [1.54, 1.807) is 0 Å². The van der Waals surface area contributed by atoms with Crippen LogP contribution in [0.2, 0.25) is 0 Å². The standard InChI is InChI=1S/C22H39N5O2S.HI/c1-5-23-20(24-11-7-12-25-21(28)29-22(2,3)4)26-16-18-9-13-27(14-10-18)17-19-8-6-15-30-19;/h6,8,15,18H,5,7,9-14,16-17H2,1-4H3,(H,25,28)(H2,23,24,26);1H. The molecule has 0 aromatic carbocycles. The monoisotopic (exact) mass is 565 g/mol. The van der Waals surface area contributed by atoms with Crippen LogP contribution in [0.4, 0.5) is 4.79 Å². The van der Waals surface area contributed by atoms with Crippen LogP contribution < -0.4 is 16.0 Å². The lowest BCUT2D eigenvalue weighted by Gasteiger charge is -2.31. The van der Waals surface area contributed by atoms with Gasteiger partial charge in [-0.3, -0.25) is 9.89 Å². The highest BCUT2D eigenvalue weighted by Crippen LogP contribution is 2.20. The minimum absolute atomic E-state index is 0. The molecule has 178 valence electrons. The summed E-state index contributed by atoms with van der Waals surface area (Å²) < 4.78 is 5.24. The van der Waals surface area contributed by atoms with Gasteiger partial charge in [0, 0.05) is 37.6 Å². The van der Waals surface area contributed by atoms with Crippen molar-refractivity contribution in [3.63, 3.8) is 0 Å². The van der Waals surface area contributed by atoms with Gasteiger partial charge in [-0.1, -0.05) is 6.07 Å². The van der Waals surface area contributed by atoms with Crippen LogP contribution in [0.1, 0.15) is 51.8 Å². The third kappa shape index (κ3) is 12.5. The molecule has 1 fully saturated rings. The first kappa shape index (κ1) is 28.0. The Morgan fingerprint density at radius 1 is 1.23 bits per heavy atom. The zero-order valence-electron chi connectivity index (χ0n) is 19.4. The molecule has 0 aliphatic carbocycles. The SMILES string of the molecule is CCNC(=NCC1CCN(Cc2cccs2)CC1)NCCCNC(=O)OC(C)(C)C.I. The van der Waals surface area contributed by atoms with Crippen LogP contribution in [0.15, 0.2) is 22.5 Å². The van der Waals surface area contributed by atoms with Gasteiger partial charge in [0.05, 0.1) is 0 Å². The van der Waals surface area contributed by atoms with Crippen molar-refractivity contribution in [2.75, 3.05) is 39.3 Å². The van der Waals surface area contributed by atoms with Crippen LogP contribution in [0.25, 0.3) is 0 Å². The molecule has 0 atom stereocenters. The summed E-state index contributed by atoms with van der Waals surface area (Å²) in [6.07, 6.45) is 2.85. The maximum Gasteiger partial charge on any atom is 0.407 e. The Labute approximate surface area is 208 Å². The summed E-state index contributed by atoms with van der Waals surface area (Å²) in [6, 6.07) is 4.35. The largest absolute Gasteiger partial charge is 0.444 e. The first-order valence-corrected chi connectivity index (χ1v) is 12.0. The molecule has 0 bridgehead atoms. The molecule has 1 aromatic heterocycles. The molecule has 7 nitrogen and oxygen atoms in total. The van der Waals surface area contributed by atoms with Crippen LogP contribution >= 0.6 is 35.3 Å². The number of nitrogens with one attached hydrogen (secondary N) is 3. The van der Waals surface area contributed by atoms with E-state index in [-0.39, 0.29) is 30.1 Å². The Hall–Kier alpha value is -1.07. The molecule has 0 saturated carbocycles. The van der Waals surface area contributed by atoms with Crippen LogP contribution in [0, 0.1) is 5.92 Å². The van der Waals surface area contributed by atoms with Crippen LogP contribution in [-0.4, -0.2) is 61.8 Å². The van der Waals surface area contributed by atoms with Crippen molar-refractivity contribution in [3.05, 3.63) is 22.4 Å². The third-order valence-electron chi connectivity index (χ3n) is 4.83. The van der Waals surface area contributed by atoms with Gasteiger partial charge in [0.25, 0.3) is 0 Å². The highest BCUT2D eigenvalue weighted by Gasteiger charge is 2.19. The minimum Gasteiger partial charge on any atom is -0.444 e. The highest BCUT2D eigenvalue weighted by atomic mass is 127. The van der Waals surface area contributed by atoms with Gasteiger partial charge >= 0.3 is 6.09 Å². The summed E-state index contributed by atoms with van der Waals surface area (Å²) in [5.74, 6) is 1.50. The minimum atomic E-state index is -0.465. The van der Waals surface area contributed by atoms with Crippen LogP contribution in [0.5, 0.6) is 0 Å². The number of piperidine rings is 1. The maximum absolute atomic E-state index is 11.7. The van der Waals surface area contributed by atoms with Crippen molar-refractivity contribution in [1.82, 2.24) is 20.9 Å². The molecule has 2 rings (SSSR count). The second kappa shape index (κ2) is 14.9. The number of hydrogen-bond donors (Lipinski definition) is 3. The Balaban J connectivity index is 0.00000480. The van der Waals surface area contributed by atoms with Crippen LogP contribution in [0.3, 0.4) is 0 Å². The van der Waals surface area contributed by atoms with E-state index in [0.717, 1.165) is 51.6 Å². The summed E-state index contributed by atoms with van der Waals surface area (Å²) in [6.45, 7) is 14.1. The zero-order valence-corrected chi connectivity index (χ0v) is 22.6. The lowest BCUT2D eigenvalue weighted by Crippen LogP contribution is -2.40. The number of thiophene rings is 1. The van der Waals surface area contributed by atoms with Gasteiger partial charge < -0.3 is 20.7 Å². The van der Waals surface area contributed by atoms with Crippen molar-refractivity contribution >= 4 is 47.4 Å². The average molecular weight is 566 g/mol. The smallest absolute Gasteiger partial charge is 0.407 e. The molecule has 2 heterocycles. The van der Waals surface area contributed by atoms with E-state index >= 15 is 0 Å². The fraction of sp³-hybridized carbons (Fsp3) is 0.727. The molecule has 31 heavy (non-hydrogen) atoms. The van der Waals surface area contributed by atoms with Crippen molar-refractivity contribution < 1.29 is 9.53 Å². The van der Waals surface area contributed by atoms with E-state index in [9.17, 15) is 4.79 Å². The quantitative estimate of drug-likeness (QED) is 0.182. The first-order valence-electron chi connectivity index (χ1n) is 11.1. The summed E-state index contributed by atoms with van der Waals surface area (Å²) in [5, 5.41) is 11.6. The number of halogens is 1. The van der Waals surface area contributed by atoms with Gasteiger partial charge in [0.15, 0.2) is 5.96 Å². The average Bonchev–Trinajstić information content (AvgIpc) is 3.18. The summed E-state index contributed by atoms with van der Waals surface area (Å²) >= 11 is 1.84. The van der Waals surface area contributed by atoms with Gasteiger partial charge in [0.1, 0.15) is 5.60 Å². The van der Waals surface area contributed by atoms with E-state index in [1.807, 2.05) is 32.1 Å². The predicted molar refractivity (Wildman–Crippen MR) is 141 cm³/mol. The molecule has 9 heteroatoms. The van der Waals surface area contributed by atoms with Gasteiger partial charge in [-0.05, 0) is 77.4 Å². The van der Waals surface area contributed by atoms with Crippen molar-refractivity contribution in [1.29, 1.82) is 0 Å². The molecule has 1 amide bonds. The molecule has 1 aromatic rings. The molecule has 0 unspecified atom stereocenters. The van der Waals surface area contributed by atoms with E-state index in [0.29, 0.717) is 12.5 Å². The zero-order chi connectivity index (χ0) is 21.8. The molecule has 0 spiro atoms. The van der Waals surface area contributed by atoms with E-state index in [2.05, 4.69) is 45.3 Å². The number of nitrogens with zero attached hydrogens (tertiary/aromatic N) is 2. The van der Waals surface area contributed by atoms with E-state index < -0.39 is 5.60 Å². The van der Waals surface area contributed by atoms with Gasteiger partial charge in [-0.25, -0.2) is 4.79 Å². The summed E-state index contributed by atoms with van der Waals surface area (Å²) in [5.41, 5.74) is -0.465. The number of amides is 1. The number of likely N-dealkylation sites (tertiary alicyclic amines) is 1. The molecule has 1 aliphatic rings. The van der Waals surface area contributed by atoms with E-state index in [1.165, 1.54) is 17.7 Å². The van der Waals surface area contributed by atoms with Crippen molar-refractivity contribution in [2.24, 2.45) is 10.9 Å². The molecule has 0 radical (unpaired) electrons. The molecular weight excluding hydrogens is 525 g/mol. The lowest BCUT2D eigenvalue weighted by molar-refractivity contribution is 0.0527. The Bertz CT molecular complexity index is 641. The second-order valence-electron chi connectivity index (χ2n) is 8.73. The number of rotatable bonds is 9. The van der Waals surface area contributed by atoms with Crippen LogP contribution in [-0.2, 0) is 11.3 Å². The lowest BCUT2D eigenvalue weighted by atomic mass is 9.97. The van der Waals surface area contributed by atoms with E-state index in [4.69, 9.17) is 9.73 Å². The number of hydrogen-bond acceptors (Lipinski definition) is 5. The molecular formula is C22H40IN5O2S. The first-order chi connectivity index (χ1) is 14.4. The normalized spacial score (nSPS) is 15.8. The fourth-order valence-electron chi connectivity index (χ4n) is 3.31. The molecule has 3 N–H and O–H groups in total. The number of ether oxygens (including phenoxy) is 1. The Morgan fingerprint density at radius 3 is 2.55 bits per heavy atom. The predicted octanol–water partition coefficient (Wildman–Crippen LogP) is 4.05. The number of carbonyl (C=O) groups excluding carboxylic acids is 1. The number of carbonyl (C=O) groups is 1. The number of alkyl carbamates (subject to hydrolysis) is 1. The third-order valence-corrected chi connectivity index (χ3v) is 5.69. The van der Waals surface area contributed by atoms with Gasteiger partial charge in [0.2, 0.25) is 0 Å². The number of aliphatic imine (C=N–C) groups is 1. The maximum atomic E-state index is 11.7.